The zero-order valence-electron chi connectivity index (χ0n) is 3.26. The van der Waals surface area contributed by atoms with E-state index >= 15 is 0 Å². The number of halogens is 2. The summed E-state index contributed by atoms with van der Waals surface area (Å²) in [5, 5.41) is 0. The summed E-state index contributed by atoms with van der Waals surface area (Å²) in [6, 6.07) is 0. The van der Waals surface area contributed by atoms with Gasteiger partial charge >= 0.3 is 103 Å². The third-order valence-electron chi connectivity index (χ3n) is 0. The van der Waals surface area contributed by atoms with Gasteiger partial charge in [-0.15, -0.1) is 0 Å². The fourth-order valence-electron chi connectivity index (χ4n) is 0. The van der Waals surface area contributed by atoms with Gasteiger partial charge in [0.2, 0.25) is 0 Å². The van der Waals surface area contributed by atoms with Crippen LogP contribution in [-0.2, 0) is 0 Å². The van der Waals surface area contributed by atoms with Gasteiger partial charge in [0.1, 0.15) is 0 Å². The zero-order valence-corrected chi connectivity index (χ0v) is 9.50. The molecule has 1 nitrogen and oxygen atoms in total. The minimum Gasteiger partial charge on any atom is -1.00 e. The van der Waals surface area contributed by atoms with Crippen LogP contribution in [0.5, 0.6) is 0 Å². The van der Waals surface area contributed by atoms with Crippen LogP contribution in [0.2, 0.25) is 0 Å². The Balaban J connectivity index is 0. The molecule has 0 amide bonds. The maximum Gasteiger partial charge on any atom is 1.00 e. The molecule has 0 spiro atoms. The summed E-state index contributed by atoms with van der Waals surface area (Å²) < 4.78 is 0. The summed E-state index contributed by atoms with van der Waals surface area (Å²) in [6.07, 6.45) is 0. The van der Waals surface area contributed by atoms with Gasteiger partial charge in [-0.05, 0) is 0 Å². The van der Waals surface area contributed by atoms with Crippen molar-refractivity contribution in [3.63, 3.8) is 0 Å². The first-order valence-electron chi connectivity index (χ1n) is 0. The van der Waals surface area contributed by atoms with Crippen LogP contribution >= 0.6 is 0 Å². The zero-order chi connectivity index (χ0) is 0. The van der Waals surface area contributed by atoms with Gasteiger partial charge in [-0.3, -0.25) is 0 Å². The fraction of sp³-hybridized carbons (Fsp3) is 0. The SMILES string of the molecule is O.[F-].[F-].[K+].[K+]. The molecule has 0 fully saturated rings. The number of hydrogen-bond acceptors (Lipinski definition) is 0. The molecule has 0 aliphatic carbocycles. The molecule has 5 heavy (non-hydrogen) atoms. The molecule has 0 bridgehead atoms. The molecule has 0 aliphatic heterocycles. The van der Waals surface area contributed by atoms with Crippen molar-refractivity contribution < 1.29 is 118 Å². The van der Waals surface area contributed by atoms with Gasteiger partial charge in [-0.2, -0.15) is 0 Å². The maximum atomic E-state index is 0. The Morgan fingerprint density at radius 3 is 0.600 bits per heavy atom. The molecule has 2 N–H and O–H groups in total. The fourth-order valence-corrected chi connectivity index (χ4v) is 0. The Bertz CT molecular complexity index is 7.61. The average Bonchev–Trinajstić information content (AvgIpc) is 0. The van der Waals surface area contributed by atoms with Crippen LogP contribution in [0.15, 0.2) is 0 Å². The molecule has 0 aliphatic rings. The van der Waals surface area contributed by atoms with Crippen molar-refractivity contribution in [3.8, 4) is 0 Å². The van der Waals surface area contributed by atoms with Crippen LogP contribution in [0, 0.1) is 0 Å². The van der Waals surface area contributed by atoms with E-state index in [4.69, 9.17) is 0 Å². The van der Waals surface area contributed by atoms with Crippen LogP contribution in [-0.4, -0.2) is 5.48 Å². The third kappa shape index (κ3) is 19.2. The van der Waals surface area contributed by atoms with Gasteiger partial charge in [-0.1, -0.05) is 0 Å². The van der Waals surface area contributed by atoms with Gasteiger partial charge in [0.05, 0.1) is 0 Å². The summed E-state index contributed by atoms with van der Waals surface area (Å²) >= 11 is 0. The Labute approximate surface area is 114 Å². The first-order valence-corrected chi connectivity index (χ1v) is 0. The molecule has 0 saturated carbocycles. The molecule has 0 rings (SSSR count). The van der Waals surface area contributed by atoms with Crippen molar-refractivity contribution in [1.29, 1.82) is 0 Å². The molecule has 5 heteroatoms. The van der Waals surface area contributed by atoms with E-state index in [0.29, 0.717) is 0 Å². The van der Waals surface area contributed by atoms with E-state index in [-0.39, 0.29) is 118 Å². The second-order valence-electron chi connectivity index (χ2n) is 0. The van der Waals surface area contributed by atoms with Crippen molar-refractivity contribution in [1.82, 2.24) is 0 Å². The molecular weight excluding hydrogens is 132 g/mol. The van der Waals surface area contributed by atoms with Crippen LogP contribution in [0.3, 0.4) is 0 Å². The average molecular weight is 134 g/mol. The van der Waals surface area contributed by atoms with E-state index in [1.54, 1.807) is 0 Å². The minimum absolute atomic E-state index is 0. The Morgan fingerprint density at radius 1 is 0.600 bits per heavy atom. The van der Waals surface area contributed by atoms with Crippen LogP contribution in [0.25, 0.3) is 0 Å². The normalized spacial score (nSPS) is 0. The summed E-state index contributed by atoms with van der Waals surface area (Å²) in [4.78, 5) is 0. The maximum absolute atomic E-state index is 0. The molecule has 0 heterocycles. The Hall–Kier alpha value is 3.09. The van der Waals surface area contributed by atoms with E-state index in [0.717, 1.165) is 0 Å². The minimum atomic E-state index is 0. The van der Waals surface area contributed by atoms with Crippen LogP contribution in [0.4, 0.5) is 0 Å². The predicted molar refractivity (Wildman–Crippen MR) is 3.61 cm³/mol. The van der Waals surface area contributed by atoms with Gasteiger partial charge in [0.25, 0.3) is 0 Å². The van der Waals surface area contributed by atoms with E-state index in [1.807, 2.05) is 0 Å². The summed E-state index contributed by atoms with van der Waals surface area (Å²) in [5.41, 5.74) is 0. The Kier molecular flexibility index (Phi) is 234. The van der Waals surface area contributed by atoms with Crippen molar-refractivity contribution in [2.75, 3.05) is 0 Å². The Morgan fingerprint density at radius 2 is 0.600 bits per heavy atom. The molecule has 0 unspecified atom stereocenters. The topological polar surface area (TPSA) is 31.5 Å². The van der Waals surface area contributed by atoms with Gasteiger partial charge in [0.15, 0.2) is 0 Å². The first kappa shape index (κ1) is 42.6. The van der Waals surface area contributed by atoms with Crippen LogP contribution < -0.4 is 112 Å². The molecular formula is H2F2K2O. The summed E-state index contributed by atoms with van der Waals surface area (Å²) in [5.74, 6) is 0. The number of rotatable bonds is 0. The monoisotopic (exact) mass is 134 g/mol. The molecule has 0 saturated heterocycles. The second kappa shape index (κ2) is 27.5. The van der Waals surface area contributed by atoms with Crippen molar-refractivity contribution >= 4 is 0 Å². The van der Waals surface area contributed by atoms with Gasteiger partial charge in [-0.25, -0.2) is 0 Å². The van der Waals surface area contributed by atoms with E-state index in [9.17, 15) is 0 Å². The smallest absolute Gasteiger partial charge is 1.00 e. The van der Waals surface area contributed by atoms with Gasteiger partial charge < -0.3 is 14.9 Å². The van der Waals surface area contributed by atoms with Gasteiger partial charge in [0, 0.05) is 0 Å². The number of hydrogen-bond donors (Lipinski definition) is 0. The summed E-state index contributed by atoms with van der Waals surface area (Å²) in [7, 11) is 0. The molecule has 24 valence electrons. The van der Waals surface area contributed by atoms with E-state index < -0.39 is 0 Å². The van der Waals surface area contributed by atoms with E-state index in [1.165, 1.54) is 0 Å². The van der Waals surface area contributed by atoms with Crippen molar-refractivity contribution in [3.05, 3.63) is 0 Å². The predicted octanol–water partition coefficient (Wildman–Crippen LogP) is -12.8. The third-order valence-corrected chi connectivity index (χ3v) is 0. The van der Waals surface area contributed by atoms with E-state index in [2.05, 4.69) is 0 Å². The quantitative estimate of drug-likeness (QED) is 0.295. The van der Waals surface area contributed by atoms with Crippen molar-refractivity contribution in [2.24, 2.45) is 0 Å². The molecule has 0 aromatic carbocycles. The van der Waals surface area contributed by atoms with Crippen LogP contribution in [0.1, 0.15) is 0 Å². The van der Waals surface area contributed by atoms with Crippen molar-refractivity contribution in [2.45, 2.75) is 0 Å². The molecule has 0 atom stereocenters. The second-order valence-corrected chi connectivity index (χ2v) is 0. The molecule has 0 aromatic rings. The molecule has 0 aromatic heterocycles. The summed E-state index contributed by atoms with van der Waals surface area (Å²) in [6.45, 7) is 0. The largest absolute Gasteiger partial charge is 1.00 e. The standard InChI is InChI=1S/2FH.2K.H2O/h2*1H;;;1H2/q;;2*+1;/p-2. The first-order chi connectivity index (χ1) is 0. The molecule has 0 radical (unpaired) electrons.